The lowest BCUT2D eigenvalue weighted by Crippen LogP contribution is -2.51. The van der Waals surface area contributed by atoms with Crippen LogP contribution in [0.15, 0.2) is 28.5 Å². The summed E-state index contributed by atoms with van der Waals surface area (Å²) in [6.45, 7) is 8.70. The quantitative estimate of drug-likeness (QED) is 0.346. The second-order valence-electron chi connectivity index (χ2n) is 10.9. The van der Waals surface area contributed by atoms with Crippen LogP contribution in [0.4, 0.5) is 4.79 Å². The van der Waals surface area contributed by atoms with Gasteiger partial charge in [-0.25, -0.2) is 14.8 Å². The van der Waals surface area contributed by atoms with Crippen LogP contribution in [0.25, 0.3) is 11.2 Å². The predicted octanol–water partition coefficient (Wildman–Crippen LogP) is 4.21. The van der Waals surface area contributed by atoms with Gasteiger partial charge in [0, 0.05) is 30.6 Å². The van der Waals surface area contributed by atoms with Gasteiger partial charge in [-0.15, -0.1) is 0 Å². The van der Waals surface area contributed by atoms with Crippen LogP contribution in [0.1, 0.15) is 40.5 Å². The first kappa shape index (κ1) is 30.5. The van der Waals surface area contributed by atoms with Gasteiger partial charge in [0.05, 0.1) is 25.6 Å². The molecule has 1 aliphatic heterocycles. The number of amides is 2. The van der Waals surface area contributed by atoms with Crippen molar-refractivity contribution in [1.82, 2.24) is 29.7 Å². The number of benzene rings is 1. The van der Waals surface area contributed by atoms with Crippen molar-refractivity contribution in [3.8, 4) is 11.5 Å². The molecule has 222 valence electrons. The third kappa shape index (κ3) is 7.45. The van der Waals surface area contributed by atoms with Gasteiger partial charge in [0.15, 0.2) is 16.3 Å². The lowest BCUT2D eigenvalue weighted by Gasteiger charge is -2.34. The predicted molar refractivity (Wildman–Crippen MR) is 155 cm³/mol. The molecule has 0 aliphatic carbocycles. The molecule has 0 spiro atoms. The van der Waals surface area contributed by atoms with Crippen molar-refractivity contribution >= 4 is 46.5 Å². The number of hydrogen-bond acceptors (Lipinski definition) is 9. The second-order valence-corrected chi connectivity index (χ2v) is 12.3. The lowest BCUT2D eigenvalue weighted by molar-refractivity contribution is -0.135. The van der Waals surface area contributed by atoms with E-state index in [9.17, 15) is 9.59 Å². The Hall–Kier alpha value is -3.45. The number of hydrogen-bond donors (Lipinski definition) is 3. The third-order valence-electron chi connectivity index (χ3n) is 6.53. The van der Waals surface area contributed by atoms with Crippen molar-refractivity contribution in [1.29, 1.82) is 5.41 Å². The number of imidazole rings is 1. The van der Waals surface area contributed by atoms with Crippen molar-refractivity contribution in [3.63, 3.8) is 0 Å². The molecule has 12 nitrogen and oxygen atoms in total. The van der Waals surface area contributed by atoms with Gasteiger partial charge in [-0.1, -0.05) is 11.6 Å². The molecule has 1 unspecified atom stereocenters. The summed E-state index contributed by atoms with van der Waals surface area (Å²) in [5.74, 6) is 1.06. The fraction of sp³-hybridized carbons (Fsp3) is 0.519. The Morgan fingerprint density at radius 1 is 1.29 bits per heavy atom. The van der Waals surface area contributed by atoms with Gasteiger partial charge in [-0.2, -0.15) is 0 Å². The Morgan fingerprint density at radius 2 is 2.05 bits per heavy atom. The van der Waals surface area contributed by atoms with E-state index in [0.29, 0.717) is 57.4 Å². The number of rotatable bonds is 8. The number of carbonyl (C=O) groups excluding carboxylic acids is 2. The summed E-state index contributed by atoms with van der Waals surface area (Å²) in [5.41, 5.74) is 0.514. The number of ether oxygens (including phenoxy) is 3. The van der Waals surface area contributed by atoms with E-state index in [1.165, 1.54) is 18.9 Å². The lowest BCUT2D eigenvalue weighted by atomic mass is 9.97. The van der Waals surface area contributed by atoms with Crippen molar-refractivity contribution in [2.45, 2.75) is 68.8 Å². The summed E-state index contributed by atoms with van der Waals surface area (Å²) in [5, 5.41) is 11.9. The van der Waals surface area contributed by atoms with E-state index >= 15 is 0 Å². The maximum absolute atomic E-state index is 13.1. The molecule has 2 amide bonds. The second kappa shape index (κ2) is 12.6. The molecule has 0 radical (unpaired) electrons. The molecule has 3 N–H and O–H groups in total. The largest absolute Gasteiger partial charge is 0.497 e. The van der Waals surface area contributed by atoms with Crippen LogP contribution < -0.4 is 20.3 Å². The Balaban J connectivity index is 1.49. The highest BCUT2D eigenvalue weighted by Crippen LogP contribution is 2.41. The number of methoxy groups -OCH3 is 2. The molecule has 41 heavy (non-hydrogen) atoms. The average Bonchev–Trinajstić information content (AvgIpc) is 3.35. The van der Waals surface area contributed by atoms with E-state index < -0.39 is 17.7 Å². The SMILES string of the molecule is COc1cc(OC)c(Cl)c(Sc2nc3c([nH]2)c(=N)ncn3CC2CCCN(C(=O)[C@H](C)NC(=O)OC(C)(C)C)C2)c1. The molecule has 0 bridgehead atoms. The Labute approximate surface area is 247 Å². The van der Waals surface area contributed by atoms with E-state index in [0.717, 1.165) is 12.8 Å². The van der Waals surface area contributed by atoms with Crippen LogP contribution in [0.3, 0.4) is 0 Å². The molecule has 1 aliphatic rings. The van der Waals surface area contributed by atoms with Gasteiger partial charge in [-0.3, -0.25) is 10.2 Å². The van der Waals surface area contributed by atoms with Crippen LogP contribution in [-0.2, 0) is 16.1 Å². The monoisotopic (exact) mass is 605 g/mol. The molecule has 1 saturated heterocycles. The molecule has 0 saturated carbocycles. The molecule has 4 rings (SSSR count). The number of likely N-dealkylation sites (tertiary alicyclic amines) is 1. The Bertz CT molecular complexity index is 1490. The van der Waals surface area contributed by atoms with Crippen LogP contribution in [0.2, 0.25) is 5.02 Å². The van der Waals surface area contributed by atoms with Gasteiger partial charge in [0.2, 0.25) is 5.91 Å². The number of alkyl carbamates (subject to hydrolysis) is 1. The smallest absolute Gasteiger partial charge is 0.408 e. The summed E-state index contributed by atoms with van der Waals surface area (Å²) in [6.07, 6.45) is 2.74. The van der Waals surface area contributed by atoms with Gasteiger partial charge in [-0.05, 0) is 64.3 Å². The number of fused-ring (bicyclic) bond motifs is 1. The third-order valence-corrected chi connectivity index (χ3v) is 7.96. The molecule has 2 aromatic heterocycles. The highest BCUT2D eigenvalue weighted by molar-refractivity contribution is 7.99. The minimum atomic E-state index is -0.708. The number of nitrogens with zero attached hydrogens (tertiary/aromatic N) is 4. The molecule has 1 aromatic carbocycles. The molecule has 3 heterocycles. The van der Waals surface area contributed by atoms with Crippen LogP contribution in [-0.4, -0.2) is 75.4 Å². The summed E-state index contributed by atoms with van der Waals surface area (Å²) in [6, 6.07) is 2.79. The number of aromatic amines is 1. The van der Waals surface area contributed by atoms with Crippen molar-refractivity contribution in [2.24, 2.45) is 5.92 Å². The van der Waals surface area contributed by atoms with E-state index in [4.69, 9.17) is 36.2 Å². The molecular weight excluding hydrogens is 570 g/mol. The fourth-order valence-corrected chi connectivity index (χ4v) is 5.81. The van der Waals surface area contributed by atoms with Gasteiger partial charge in [0.1, 0.15) is 28.7 Å². The normalized spacial score (nSPS) is 16.4. The first-order valence-electron chi connectivity index (χ1n) is 13.3. The van der Waals surface area contributed by atoms with Gasteiger partial charge in [0.25, 0.3) is 0 Å². The molecule has 3 aromatic rings. The number of piperidine rings is 1. The van der Waals surface area contributed by atoms with Crippen molar-refractivity contribution in [2.75, 3.05) is 27.3 Å². The van der Waals surface area contributed by atoms with Gasteiger partial charge >= 0.3 is 6.09 Å². The maximum atomic E-state index is 13.1. The first-order valence-corrected chi connectivity index (χ1v) is 14.5. The standard InChI is InChI=1S/C27H36ClN7O5S/c1-15(31-26(37)40-27(2,3)4)24(36)34-9-7-8-16(12-34)13-35-14-30-22(29)21-23(35)33-25(32-21)41-19-11-17(38-5)10-18(39-6)20(19)28/h10-11,14-16,29H,7-9,12-13H2,1-6H3,(H,31,37)(H,32,33)/t15-,16?/m0/s1. The summed E-state index contributed by atoms with van der Waals surface area (Å²) < 4.78 is 17.9. The maximum Gasteiger partial charge on any atom is 0.408 e. The van der Waals surface area contributed by atoms with Crippen molar-refractivity contribution in [3.05, 3.63) is 29.0 Å². The summed E-state index contributed by atoms with van der Waals surface area (Å²) >= 11 is 7.83. The van der Waals surface area contributed by atoms with Gasteiger partial charge < -0.3 is 34.0 Å². The molecular formula is C27H36ClN7O5S. The number of aromatic nitrogens is 4. The Kier molecular flexibility index (Phi) is 9.37. The zero-order chi connectivity index (χ0) is 29.9. The number of carbonyl (C=O) groups is 2. The summed E-state index contributed by atoms with van der Waals surface area (Å²) in [4.78, 5) is 39.9. The van der Waals surface area contributed by atoms with E-state index in [1.54, 1.807) is 58.2 Å². The highest BCUT2D eigenvalue weighted by atomic mass is 35.5. The minimum Gasteiger partial charge on any atom is -0.497 e. The molecule has 14 heteroatoms. The van der Waals surface area contributed by atoms with E-state index in [-0.39, 0.29) is 17.3 Å². The first-order chi connectivity index (χ1) is 19.4. The van der Waals surface area contributed by atoms with Crippen molar-refractivity contribution < 1.29 is 23.8 Å². The highest BCUT2D eigenvalue weighted by Gasteiger charge is 2.29. The number of H-pyrrole nitrogens is 1. The van der Waals surface area contributed by atoms with E-state index in [1.807, 2.05) is 4.57 Å². The Morgan fingerprint density at radius 3 is 2.73 bits per heavy atom. The molecule has 2 atom stereocenters. The van der Waals surface area contributed by atoms with Crippen LogP contribution >= 0.6 is 23.4 Å². The topological polar surface area (TPSA) is 147 Å². The van der Waals surface area contributed by atoms with Crippen LogP contribution in [0.5, 0.6) is 11.5 Å². The number of nitrogens with one attached hydrogen (secondary N) is 3. The zero-order valence-electron chi connectivity index (χ0n) is 24.0. The fourth-order valence-electron chi connectivity index (χ4n) is 4.65. The zero-order valence-corrected chi connectivity index (χ0v) is 25.6. The minimum absolute atomic E-state index is 0.0763. The molecule has 1 fully saturated rings. The van der Waals surface area contributed by atoms with E-state index in [2.05, 4.69) is 15.3 Å². The summed E-state index contributed by atoms with van der Waals surface area (Å²) in [7, 11) is 3.10. The van der Waals surface area contributed by atoms with Crippen LogP contribution in [0, 0.1) is 11.3 Å². The number of halogens is 1. The average molecular weight is 606 g/mol.